The molecule has 0 unspecified atom stereocenters. The molecule has 0 spiro atoms. The van der Waals surface area contributed by atoms with Crippen LogP contribution in [0.1, 0.15) is 11.3 Å². The lowest BCUT2D eigenvalue weighted by molar-refractivity contribution is 0.247. The zero-order valence-electron chi connectivity index (χ0n) is 16.4. The first-order chi connectivity index (χ1) is 13.7. The predicted molar refractivity (Wildman–Crippen MR) is 117 cm³/mol. The van der Waals surface area contributed by atoms with Crippen LogP contribution >= 0.6 is 11.3 Å². The summed E-state index contributed by atoms with van der Waals surface area (Å²) in [7, 11) is 1.74. The Labute approximate surface area is 170 Å². The van der Waals surface area contributed by atoms with Crippen LogP contribution in [0.15, 0.2) is 53.9 Å². The molecule has 0 amide bonds. The molecule has 1 aromatic heterocycles. The highest BCUT2D eigenvalue weighted by atomic mass is 32.1. The van der Waals surface area contributed by atoms with Gasteiger partial charge in [0.1, 0.15) is 5.75 Å². The Morgan fingerprint density at radius 1 is 1.04 bits per heavy atom. The molecule has 0 aliphatic carbocycles. The van der Waals surface area contributed by atoms with Gasteiger partial charge in [-0.3, -0.25) is 4.90 Å². The molecule has 6 heteroatoms. The standard InChI is InChI=1S/C22H26N4OS/c1-17-7-9-18(10-8-17)23-22-24-19(16-28-22)15-25-11-13-26(14-12-25)20-5-3-4-6-21(20)27-2/h3-10,16H,11-15H2,1-2H3,(H,23,24). The number of rotatable bonds is 6. The molecule has 1 aliphatic rings. The van der Waals surface area contributed by atoms with Gasteiger partial charge in [-0.25, -0.2) is 4.98 Å². The number of anilines is 3. The lowest BCUT2D eigenvalue weighted by Crippen LogP contribution is -2.46. The first-order valence-electron chi connectivity index (χ1n) is 9.60. The van der Waals surface area contributed by atoms with E-state index in [9.17, 15) is 0 Å². The first kappa shape index (κ1) is 18.8. The van der Waals surface area contributed by atoms with Crippen molar-refractivity contribution in [2.24, 2.45) is 0 Å². The van der Waals surface area contributed by atoms with Gasteiger partial charge in [-0.1, -0.05) is 29.8 Å². The summed E-state index contributed by atoms with van der Waals surface area (Å²) in [5.74, 6) is 0.947. The maximum absolute atomic E-state index is 5.51. The number of aryl methyl sites for hydroxylation is 1. The average Bonchev–Trinajstić information content (AvgIpc) is 3.17. The van der Waals surface area contributed by atoms with Crippen LogP contribution in [0.4, 0.5) is 16.5 Å². The Balaban J connectivity index is 1.31. The van der Waals surface area contributed by atoms with Gasteiger partial charge in [0.2, 0.25) is 0 Å². The van der Waals surface area contributed by atoms with E-state index in [4.69, 9.17) is 9.72 Å². The molecule has 28 heavy (non-hydrogen) atoms. The molecule has 0 radical (unpaired) electrons. The quantitative estimate of drug-likeness (QED) is 0.665. The van der Waals surface area contributed by atoms with Gasteiger partial charge in [-0.05, 0) is 31.2 Å². The van der Waals surface area contributed by atoms with Gasteiger partial charge in [0.15, 0.2) is 5.13 Å². The van der Waals surface area contributed by atoms with Gasteiger partial charge in [0, 0.05) is 43.8 Å². The summed E-state index contributed by atoms with van der Waals surface area (Å²) in [6, 6.07) is 16.7. The minimum atomic E-state index is 0.895. The molecule has 5 nitrogen and oxygen atoms in total. The van der Waals surface area contributed by atoms with Crippen LogP contribution in [0.25, 0.3) is 0 Å². The molecule has 2 aromatic carbocycles. The van der Waals surface area contributed by atoms with Crippen molar-refractivity contribution in [3.63, 3.8) is 0 Å². The Morgan fingerprint density at radius 2 is 1.79 bits per heavy atom. The van der Waals surface area contributed by atoms with Crippen LogP contribution < -0.4 is 15.0 Å². The average molecular weight is 395 g/mol. The van der Waals surface area contributed by atoms with Crippen LogP contribution in [-0.2, 0) is 6.54 Å². The topological polar surface area (TPSA) is 40.6 Å². The summed E-state index contributed by atoms with van der Waals surface area (Å²) in [6.07, 6.45) is 0. The molecule has 0 bridgehead atoms. The first-order valence-corrected chi connectivity index (χ1v) is 10.5. The summed E-state index contributed by atoms with van der Waals surface area (Å²) in [4.78, 5) is 9.63. The maximum atomic E-state index is 5.51. The Bertz CT molecular complexity index is 901. The highest BCUT2D eigenvalue weighted by molar-refractivity contribution is 7.13. The highest BCUT2D eigenvalue weighted by Gasteiger charge is 2.20. The minimum absolute atomic E-state index is 0.895. The number of para-hydroxylation sites is 2. The van der Waals surface area contributed by atoms with E-state index in [0.29, 0.717) is 0 Å². The van der Waals surface area contributed by atoms with Crippen molar-refractivity contribution in [3.05, 3.63) is 65.2 Å². The largest absolute Gasteiger partial charge is 0.495 e. The van der Waals surface area contributed by atoms with Crippen molar-refractivity contribution in [1.29, 1.82) is 0 Å². The smallest absolute Gasteiger partial charge is 0.187 e. The van der Waals surface area contributed by atoms with Crippen molar-refractivity contribution in [2.75, 3.05) is 43.5 Å². The van der Waals surface area contributed by atoms with E-state index in [2.05, 4.69) is 63.8 Å². The number of nitrogens with one attached hydrogen (secondary N) is 1. The highest BCUT2D eigenvalue weighted by Crippen LogP contribution is 2.29. The van der Waals surface area contributed by atoms with Crippen molar-refractivity contribution >= 4 is 27.8 Å². The van der Waals surface area contributed by atoms with Gasteiger partial charge in [-0.2, -0.15) is 0 Å². The molecule has 146 valence electrons. The summed E-state index contributed by atoms with van der Waals surface area (Å²) in [5.41, 5.74) is 4.66. The third-order valence-corrected chi connectivity index (χ3v) is 5.84. The molecule has 1 aliphatic heterocycles. The van der Waals surface area contributed by atoms with Crippen LogP contribution in [0.5, 0.6) is 5.75 Å². The number of benzene rings is 2. The molecule has 1 saturated heterocycles. The van der Waals surface area contributed by atoms with E-state index in [0.717, 1.165) is 55.0 Å². The molecule has 0 saturated carbocycles. The normalized spacial score (nSPS) is 14.9. The number of aromatic nitrogens is 1. The monoisotopic (exact) mass is 394 g/mol. The van der Waals surface area contributed by atoms with E-state index in [1.165, 1.54) is 11.3 Å². The Hall–Kier alpha value is -2.57. The zero-order valence-corrected chi connectivity index (χ0v) is 17.2. The van der Waals surface area contributed by atoms with E-state index in [1.54, 1.807) is 18.4 Å². The molecule has 2 heterocycles. The number of thiazole rings is 1. The summed E-state index contributed by atoms with van der Waals surface area (Å²) in [5, 5.41) is 6.50. The van der Waals surface area contributed by atoms with Gasteiger partial charge in [-0.15, -0.1) is 11.3 Å². The van der Waals surface area contributed by atoms with Crippen LogP contribution in [-0.4, -0.2) is 43.2 Å². The number of nitrogens with zero attached hydrogens (tertiary/aromatic N) is 3. The minimum Gasteiger partial charge on any atom is -0.495 e. The van der Waals surface area contributed by atoms with Crippen molar-refractivity contribution in [1.82, 2.24) is 9.88 Å². The molecule has 3 aromatic rings. The third-order valence-electron chi connectivity index (χ3n) is 5.04. The number of hydrogen-bond donors (Lipinski definition) is 1. The number of ether oxygens (including phenoxy) is 1. The fraction of sp³-hybridized carbons (Fsp3) is 0.318. The molecular weight excluding hydrogens is 368 g/mol. The van der Waals surface area contributed by atoms with Crippen molar-refractivity contribution in [3.8, 4) is 5.75 Å². The second-order valence-corrected chi connectivity index (χ2v) is 7.93. The van der Waals surface area contributed by atoms with Crippen molar-refractivity contribution in [2.45, 2.75) is 13.5 Å². The summed E-state index contributed by atoms with van der Waals surface area (Å²) >= 11 is 1.66. The van der Waals surface area contributed by atoms with Gasteiger partial charge in [0.05, 0.1) is 18.5 Å². The molecule has 0 atom stereocenters. The second-order valence-electron chi connectivity index (χ2n) is 7.07. The SMILES string of the molecule is COc1ccccc1N1CCN(Cc2csc(Nc3ccc(C)cc3)n2)CC1. The fourth-order valence-corrected chi connectivity index (χ4v) is 4.19. The predicted octanol–water partition coefficient (Wildman–Crippen LogP) is 4.53. The van der Waals surface area contributed by atoms with Gasteiger partial charge in [0.25, 0.3) is 0 Å². The number of methoxy groups -OCH3 is 1. The van der Waals surface area contributed by atoms with Crippen LogP contribution in [0, 0.1) is 6.92 Å². The number of piperazine rings is 1. The number of hydrogen-bond acceptors (Lipinski definition) is 6. The lowest BCUT2D eigenvalue weighted by Gasteiger charge is -2.36. The maximum Gasteiger partial charge on any atom is 0.187 e. The van der Waals surface area contributed by atoms with Gasteiger partial charge >= 0.3 is 0 Å². The Morgan fingerprint density at radius 3 is 2.54 bits per heavy atom. The summed E-state index contributed by atoms with van der Waals surface area (Å²) < 4.78 is 5.51. The zero-order chi connectivity index (χ0) is 19.3. The molecular formula is C22H26N4OS. The van der Waals surface area contributed by atoms with E-state index in [-0.39, 0.29) is 0 Å². The molecule has 1 N–H and O–H groups in total. The Kier molecular flexibility index (Phi) is 5.78. The molecule has 1 fully saturated rings. The summed E-state index contributed by atoms with van der Waals surface area (Å²) in [6.45, 7) is 7.04. The van der Waals surface area contributed by atoms with Gasteiger partial charge < -0.3 is 15.0 Å². The van der Waals surface area contributed by atoms with Crippen molar-refractivity contribution < 1.29 is 4.74 Å². The second kappa shape index (κ2) is 8.63. The fourth-order valence-electron chi connectivity index (χ4n) is 3.46. The molecule has 4 rings (SSSR count). The van der Waals surface area contributed by atoms with E-state index in [1.807, 2.05) is 12.1 Å². The van der Waals surface area contributed by atoms with E-state index >= 15 is 0 Å². The third kappa shape index (κ3) is 4.46. The van der Waals surface area contributed by atoms with E-state index < -0.39 is 0 Å². The lowest BCUT2D eigenvalue weighted by atomic mass is 10.2. The van der Waals surface area contributed by atoms with Crippen LogP contribution in [0.2, 0.25) is 0 Å². The van der Waals surface area contributed by atoms with Crippen LogP contribution in [0.3, 0.4) is 0 Å².